The Morgan fingerprint density at radius 3 is 2.60 bits per heavy atom. The monoisotopic (exact) mass is 296 g/mol. The lowest BCUT2D eigenvalue weighted by molar-refractivity contribution is 0.290. The molecule has 1 aliphatic heterocycles. The van der Waals surface area contributed by atoms with Crippen molar-refractivity contribution in [3.05, 3.63) is 35.1 Å². The molecule has 1 aromatic carbocycles. The molecule has 0 aromatic heterocycles. The Morgan fingerprint density at radius 2 is 1.95 bits per heavy atom. The Kier molecular flexibility index (Phi) is 5.47. The third kappa shape index (κ3) is 5.08. The first kappa shape index (κ1) is 15.8. The number of thioether (sulfide) groups is 1. The second kappa shape index (κ2) is 6.92. The Hall–Kier alpha value is -0.580. The molecule has 1 aromatic rings. The molecule has 0 unspecified atom stereocenters. The predicted octanol–water partition coefficient (Wildman–Crippen LogP) is 3.26. The quantitative estimate of drug-likeness (QED) is 0.918. The molecule has 1 N–H and O–H groups in total. The van der Waals surface area contributed by atoms with Crippen molar-refractivity contribution in [3.63, 3.8) is 0 Å². The van der Waals surface area contributed by atoms with Gasteiger partial charge < -0.3 is 5.32 Å². The van der Waals surface area contributed by atoms with Crippen LogP contribution in [-0.4, -0.2) is 35.0 Å². The molecular formula is C16H25FN2S. The van der Waals surface area contributed by atoms with Crippen LogP contribution in [0, 0.1) is 5.82 Å². The molecule has 0 aliphatic carbocycles. The molecule has 0 amide bonds. The van der Waals surface area contributed by atoms with E-state index in [0.717, 1.165) is 48.8 Å². The van der Waals surface area contributed by atoms with Gasteiger partial charge in [0.05, 0.1) is 0 Å². The zero-order valence-electron chi connectivity index (χ0n) is 12.7. The molecule has 0 radical (unpaired) electrons. The zero-order valence-corrected chi connectivity index (χ0v) is 13.5. The largest absolute Gasteiger partial charge is 0.308 e. The van der Waals surface area contributed by atoms with Crippen molar-refractivity contribution < 1.29 is 4.39 Å². The first-order valence-electron chi connectivity index (χ1n) is 7.26. The van der Waals surface area contributed by atoms with Gasteiger partial charge in [-0.15, -0.1) is 0 Å². The van der Waals surface area contributed by atoms with E-state index in [1.165, 1.54) is 0 Å². The minimum Gasteiger partial charge on any atom is -0.308 e. The Balaban J connectivity index is 2.00. The molecule has 1 heterocycles. The van der Waals surface area contributed by atoms with Crippen LogP contribution < -0.4 is 5.32 Å². The van der Waals surface area contributed by atoms with Crippen LogP contribution >= 0.6 is 11.8 Å². The average Bonchev–Trinajstić information content (AvgIpc) is 2.40. The lowest BCUT2D eigenvalue weighted by Gasteiger charge is -2.26. The molecule has 1 aliphatic rings. The SMILES string of the molecule is CC(C)(C)NCc1ccc(F)c(CN2CCSCC2)c1. The Bertz CT molecular complexity index is 437. The highest BCUT2D eigenvalue weighted by Gasteiger charge is 2.14. The summed E-state index contributed by atoms with van der Waals surface area (Å²) < 4.78 is 13.9. The van der Waals surface area contributed by atoms with Gasteiger partial charge in [0.25, 0.3) is 0 Å². The fourth-order valence-electron chi connectivity index (χ4n) is 2.23. The summed E-state index contributed by atoms with van der Waals surface area (Å²) in [6.07, 6.45) is 0. The third-order valence-corrected chi connectivity index (χ3v) is 4.37. The van der Waals surface area contributed by atoms with Crippen LogP contribution in [0.15, 0.2) is 18.2 Å². The average molecular weight is 296 g/mol. The normalized spacial score (nSPS) is 17.4. The van der Waals surface area contributed by atoms with E-state index in [2.05, 4.69) is 31.0 Å². The van der Waals surface area contributed by atoms with Crippen LogP contribution in [0.2, 0.25) is 0 Å². The molecular weight excluding hydrogens is 271 g/mol. The predicted molar refractivity (Wildman–Crippen MR) is 85.6 cm³/mol. The van der Waals surface area contributed by atoms with Gasteiger partial charge in [0.15, 0.2) is 0 Å². The number of rotatable bonds is 4. The van der Waals surface area contributed by atoms with Gasteiger partial charge in [-0.3, -0.25) is 4.90 Å². The first-order valence-corrected chi connectivity index (χ1v) is 8.42. The molecule has 1 fully saturated rings. The van der Waals surface area contributed by atoms with E-state index in [1.807, 2.05) is 23.9 Å². The second-order valence-corrected chi connectivity index (χ2v) is 7.64. The number of nitrogens with one attached hydrogen (secondary N) is 1. The molecule has 1 saturated heterocycles. The van der Waals surface area contributed by atoms with Crippen molar-refractivity contribution in [1.29, 1.82) is 0 Å². The third-order valence-electron chi connectivity index (χ3n) is 3.43. The number of benzene rings is 1. The molecule has 0 spiro atoms. The van der Waals surface area contributed by atoms with Crippen LogP contribution in [0.5, 0.6) is 0 Å². The van der Waals surface area contributed by atoms with E-state index in [9.17, 15) is 4.39 Å². The van der Waals surface area contributed by atoms with Gasteiger partial charge in [0.2, 0.25) is 0 Å². The first-order chi connectivity index (χ1) is 9.44. The van der Waals surface area contributed by atoms with Crippen LogP contribution in [-0.2, 0) is 13.1 Å². The van der Waals surface area contributed by atoms with E-state index >= 15 is 0 Å². The van der Waals surface area contributed by atoms with E-state index in [0.29, 0.717) is 0 Å². The summed E-state index contributed by atoms with van der Waals surface area (Å²) in [5, 5.41) is 3.45. The standard InChI is InChI=1S/C16H25FN2S/c1-16(2,3)18-11-13-4-5-15(17)14(10-13)12-19-6-8-20-9-7-19/h4-5,10,18H,6-9,11-12H2,1-3H3. The number of nitrogens with zero attached hydrogens (tertiary/aromatic N) is 1. The summed E-state index contributed by atoms with van der Waals surface area (Å²) in [6.45, 7) is 10.1. The summed E-state index contributed by atoms with van der Waals surface area (Å²) in [5.74, 6) is 2.24. The van der Waals surface area contributed by atoms with Gasteiger partial charge >= 0.3 is 0 Å². The smallest absolute Gasteiger partial charge is 0.127 e. The van der Waals surface area contributed by atoms with Crippen molar-refractivity contribution in [2.45, 2.75) is 39.4 Å². The molecule has 20 heavy (non-hydrogen) atoms. The summed E-state index contributed by atoms with van der Waals surface area (Å²) in [7, 11) is 0. The number of halogens is 1. The lowest BCUT2D eigenvalue weighted by atomic mass is 10.1. The molecule has 2 nitrogen and oxygen atoms in total. The number of hydrogen-bond acceptors (Lipinski definition) is 3. The van der Waals surface area contributed by atoms with Crippen LogP contribution in [0.4, 0.5) is 4.39 Å². The van der Waals surface area contributed by atoms with Crippen LogP contribution in [0.25, 0.3) is 0 Å². The molecule has 0 atom stereocenters. The van der Waals surface area contributed by atoms with Gasteiger partial charge in [-0.2, -0.15) is 11.8 Å². The van der Waals surface area contributed by atoms with Crippen molar-refractivity contribution in [1.82, 2.24) is 10.2 Å². The Morgan fingerprint density at radius 1 is 1.25 bits per heavy atom. The fraction of sp³-hybridized carbons (Fsp3) is 0.625. The minimum absolute atomic E-state index is 0.0808. The highest BCUT2D eigenvalue weighted by Crippen LogP contribution is 2.17. The van der Waals surface area contributed by atoms with Crippen molar-refractivity contribution in [2.24, 2.45) is 0 Å². The summed E-state index contributed by atoms with van der Waals surface area (Å²) >= 11 is 1.98. The van der Waals surface area contributed by atoms with Gasteiger partial charge in [-0.1, -0.05) is 12.1 Å². The summed E-state index contributed by atoms with van der Waals surface area (Å²) in [4.78, 5) is 2.34. The van der Waals surface area contributed by atoms with E-state index in [4.69, 9.17) is 0 Å². The van der Waals surface area contributed by atoms with Gasteiger partial charge in [0.1, 0.15) is 5.82 Å². The molecule has 0 saturated carbocycles. The van der Waals surface area contributed by atoms with E-state index in [1.54, 1.807) is 6.07 Å². The van der Waals surface area contributed by atoms with Crippen LogP contribution in [0.3, 0.4) is 0 Å². The lowest BCUT2D eigenvalue weighted by Crippen LogP contribution is -2.35. The minimum atomic E-state index is -0.0808. The molecule has 112 valence electrons. The summed E-state index contributed by atoms with van der Waals surface area (Å²) in [6, 6.07) is 5.49. The maximum absolute atomic E-state index is 13.9. The topological polar surface area (TPSA) is 15.3 Å². The Labute approximate surface area is 126 Å². The van der Waals surface area contributed by atoms with Crippen LogP contribution in [0.1, 0.15) is 31.9 Å². The number of hydrogen-bond donors (Lipinski definition) is 1. The molecule has 0 bridgehead atoms. The van der Waals surface area contributed by atoms with Crippen molar-refractivity contribution in [2.75, 3.05) is 24.6 Å². The van der Waals surface area contributed by atoms with Crippen molar-refractivity contribution >= 4 is 11.8 Å². The van der Waals surface area contributed by atoms with E-state index in [-0.39, 0.29) is 11.4 Å². The zero-order chi connectivity index (χ0) is 14.6. The van der Waals surface area contributed by atoms with Gasteiger partial charge in [-0.05, 0) is 32.4 Å². The van der Waals surface area contributed by atoms with Gasteiger partial charge in [0, 0.05) is 48.8 Å². The highest BCUT2D eigenvalue weighted by atomic mass is 32.2. The maximum atomic E-state index is 13.9. The molecule has 2 rings (SSSR count). The van der Waals surface area contributed by atoms with Crippen molar-refractivity contribution in [3.8, 4) is 0 Å². The second-order valence-electron chi connectivity index (χ2n) is 6.42. The maximum Gasteiger partial charge on any atom is 0.127 e. The molecule has 4 heteroatoms. The van der Waals surface area contributed by atoms with E-state index < -0.39 is 0 Å². The van der Waals surface area contributed by atoms with Gasteiger partial charge in [-0.25, -0.2) is 4.39 Å². The highest BCUT2D eigenvalue weighted by molar-refractivity contribution is 7.99. The fourth-order valence-corrected chi connectivity index (χ4v) is 3.21. The summed E-state index contributed by atoms with van der Waals surface area (Å²) in [5.41, 5.74) is 2.06.